The van der Waals surface area contributed by atoms with Crippen LogP contribution >= 0.6 is 0 Å². The van der Waals surface area contributed by atoms with Crippen LogP contribution in [0, 0.1) is 28.6 Å². The molecule has 0 aromatic heterocycles. The number of rotatable bonds is 0. The van der Waals surface area contributed by atoms with Crippen molar-refractivity contribution in [1.82, 2.24) is 0 Å². The number of Topliss-reactive ketones (excluding diaryl/α,β-unsaturated/α-hetero) is 2. The highest BCUT2D eigenvalue weighted by atomic mass is 16.1. The van der Waals surface area contributed by atoms with Crippen molar-refractivity contribution in [2.75, 3.05) is 9.80 Å². The van der Waals surface area contributed by atoms with Crippen molar-refractivity contribution in [3.63, 3.8) is 0 Å². The number of hydrogen-bond acceptors (Lipinski definition) is 4. The van der Waals surface area contributed by atoms with Crippen LogP contribution in [0.2, 0.25) is 0 Å². The largest absolute Gasteiger partial charge is 0.311 e. The predicted molar refractivity (Wildman–Crippen MR) is 162 cm³/mol. The third-order valence-electron chi connectivity index (χ3n) is 8.63. The van der Waals surface area contributed by atoms with Gasteiger partial charge in [0.2, 0.25) is 0 Å². The number of nitrogens with zero attached hydrogens (tertiary/aromatic N) is 2. The molecule has 0 amide bonds. The highest BCUT2D eigenvalue weighted by Crippen LogP contribution is 2.63. The monoisotopic (exact) mass is 526 g/mol. The third-order valence-corrected chi connectivity index (χ3v) is 8.63. The molecule has 1 aromatic rings. The zero-order chi connectivity index (χ0) is 29.3. The predicted octanol–water partition coefficient (Wildman–Crippen LogP) is 8.08. The molecule has 5 aliphatic rings. The number of aryl methyl sites for hydroxylation is 1. The van der Waals surface area contributed by atoms with E-state index in [0.717, 1.165) is 33.7 Å². The second-order valence-corrected chi connectivity index (χ2v) is 16.2. The van der Waals surface area contributed by atoms with Crippen molar-refractivity contribution in [3.8, 4) is 0 Å². The van der Waals surface area contributed by atoms with E-state index in [2.05, 4.69) is 142 Å². The molecule has 1 fully saturated rings. The van der Waals surface area contributed by atoms with Gasteiger partial charge in [-0.05, 0) is 76.7 Å². The Hall–Kier alpha value is -2.88. The SMILES string of the molecule is Cc1cc2cc(c1)N1C3(C=C(C(C)(C)C)C(=O)C(C(C)(C)C)=C3)N2C12C=C(C(C)(C)C)C(=O)C(C(C)(C)C)=C2. The van der Waals surface area contributed by atoms with E-state index in [1.807, 2.05) is 0 Å². The van der Waals surface area contributed by atoms with Crippen LogP contribution in [0.5, 0.6) is 0 Å². The average molecular weight is 527 g/mol. The molecule has 208 valence electrons. The van der Waals surface area contributed by atoms with Crippen LogP contribution in [0.3, 0.4) is 0 Å². The summed E-state index contributed by atoms with van der Waals surface area (Å²) in [6, 6.07) is 6.71. The lowest BCUT2D eigenvalue weighted by Crippen LogP contribution is -2.88. The Morgan fingerprint density at radius 2 is 0.744 bits per heavy atom. The maximum atomic E-state index is 14.0. The molecule has 4 heteroatoms. The summed E-state index contributed by atoms with van der Waals surface area (Å²) in [6.45, 7) is 27.7. The summed E-state index contributed by atoms with van der Waals surface area (Å²) in [4.78, 5) is 32.8. The van der Waals surface area contributed by atoms with E-state index in [9.17, 15) is 9.59 Å². The highest BCUT2D eigenvalue weighted by molar-refractivity contribution is 6.14. The number of benzene rings is 1. The van der Waals surface area contributed by atoms with Crippen LogP contribution < -0.4 is 9.80 Å². The molecule has 0 unspecified atom stereocenters. The number of allylic oxidation sites excluding steroid dienone is 4. The molecule has 0 N–H and O–H groups in total. The van der Waals surface area contributed by atoms with E-state index in [-0.39, 0.29) is 33.2 Å². The second kappa shape index (κ2) is 7.65. The minimum Gasteiger partial charge on any atom is -0.311 e. The first kappa shape index (κ1) is 27.7. The molecular weight excluding hydrogens is 480 g/mol. The van der Waals surface area contributed by atoms with Gasteiger partial charge in [0.25, 0.3) is 0 Å². The van der Waals surface area contributed by atoms with Crippen LogP contribution in [0.15, 0.2) is 64.8 Å². The van der Waals surface area contributed by atoms with Crippen molar-refractivity contribution in [2.45, 2.75) is 101 Å². The Bertz CT molecular complexity index is 1240. The molecule has 0 saturated carbocycles. The number of hydrogen-bond donors (Lipinski definition) is 0. The van der Waals surface area contributed by atoms with E-state index < -0.39 is 11.3 Å². The van der Waals surface area contributed by atoms with Gasteiger partial charge in [-0.1, -0.05) is 83.1 Å². The molecule has 2 spiro atoms. The van der Waals surface area contributed by atoms with E-state index in [4.69, 9.17) is 0 Å². The molecular formula is C35H46N2O2. The first-order chi connectivity index (χ1) is 17.5. The Labute approximate surface area is 235 Å². The average Bonchev–Trinajstić information content (AvgIpc) is 2.72. The van der Waals surface area contributed by atoms with Crippen LogP contribution in [0.25, 0.3) is 0 Å². The van der Waals surface area contributed by atoms with Crippen LogP contribution in [-0.2, 0) is 9.59 Å². The second-order valence-electron chi connectivity index (χ2n) is 16.2. The summed E-state index contributed by atoms with van der Waals surface area (Å²) in [5.41, 5.74) is 4.21. The van der Waals surface area contributed by atoms with Gasteiger partial charge in [-0.3, -0.25) is 9.59 Å². The standard InChI is InChI=1S/C35H46N2O2/c1-21-14-22-16-23(15-21)37-34(17-24(30(2,3)4)28(38)25(18-34)31(5,6)7)36(22)35(37)19-26(32(8,9)10)29(39)27(20-35)33(11,12)13/h14-20H,1-13H3. The molecule has 3 aliphatic heterocycles. The molecule has 3 heterocycles. The summed E-state index contributed by atoms with van der Waals surface area (Å²) >= 11 is 0. The molecule has 39 heavy (non-hydrogen) atoms. The third kappa shape index (κ3) is 3.77. The number of ketones is 2. The normalized spacial score (nSPS) is 22.0. The molecule has 2 aliphatic carbocycles. The molecule has 0 atom stereocenters. The summed E-state index contributed by atoms with van der Waals surface area (Å²) < 4.78 is 0. The van der Waals surface area contributed by atoms with Gasteiger partial charge in [0.15, 0.2) is 22.9 Å². The highest BCUT2D eigenvalue weighted by Gasteiger charge is 2.69. The van der Waals surface area contributed by atoms with Crippen LogP contribution in [0.4, 0.5) is 11.4 Å². The zero-order valence-electron chi connectivity index (χ0n) is 26.3. The van der Waals surface area contributed by atoms with Gasteiger partial charge in [-0.15, -0.1) is 0 Å². The molecule has 6 rings (SSSR count). The zero-order valence-corrected chi connectivity index (χ0v) is 26.3. The van der Waals surface area contributed by atoms with Crippen molar-refractivity contribution in [1.29, 1.82) is 0 Å². The molecule has 0 radical (unpaired) electrons. The first-order valence-corrected chi connectivity index (χ1v) is 14.3. The molecule has 4 nitrogen and oxygen atoms in total. The fourth-order valence-corrected chi connectivity index (χ4v) is 6.79. The molecule has 1 saturated heterocycles. The Morgan fingerprint density at radius 3 is 0.974 bits per heavy atom. The number of anilines is 2. The number of carbonyl (C=O) groups is 2. The van der Waals surface area contributed by atoms with Gasteiger partial charge in [-0.25, -0.2) is 0 Å². The van der Waals surface area contributed by atoms with Gasteiger partial charge in [0.05, 0.1) is 0 Å². The van der Waals surface area contributed by atoms with E-state index in [1.54, 1.807) is 0 Å². The van der Waals surface area contributed by atoms with E-state index in [0.29, 0.717) is 0 Å². The maximum Gasteiger partial charge on any atom is 0.185 e. The van der Waals surface area contributed by atoms with Crippen molar-refractivity contribution >= 4 is 22.9 Å². The fourth-order valence-electron chi connectivity index (χ4n) is 6.79. The summed E-state index contributed by atoms with van der Waals surface area (Å²) in [7, 11) is 0. The van der Waals surface area contributed by atoms with E-state index >= 15 is 0 Å². The number of carbonyl (C=O) groups excluding carboxylic acids is 2. The summed E-state index contributed by atoms with van der Waals surface area (Å²) in [5.74, 6) is 0.273. The van der Waals surface area contributed by atoms with Gasteiger partial charge in [0, 0.05) is 33.7 Å². The maximum absolute atomic E-state index is 14.0. The van der Waals surface area contributed by atoms with Crippen molar-refractivity contribution in [2.24, 2.45) is 21.7 Å². The molecule has 4 bridgehead atoms. The first-order valence-electron chi connectivity index (χ1n) is 14.3. The smallest absolute Gasteiger partial charge is 0.185 e. The van der Waals surface area contributed by atoms with E-state index in [1.165, 1.54) is 5.56 Å². The lowest BCUT2D eigenvalue weighted by molar-refractivity contribution is -0.114. The Morgan fingerprint density at radius 1 is 0.487 bits per heavy atom. The van der Waals surface area contributed by atoms with Crippen molar-refractivity contribution < 1.29 is 9.59 Å². The summed E-state index contributed by atoms with van der Waals surface area (Å²) in [6.07, 6.45) is 8.82. The van der Waals surface area contributed by atoms with Gasteiger partial charge < -0.3 is 9.80 Å². The van der Waals surface area contributed by atoms with Gasteiger partial charge in [-0.2, -0.15) is 0 Å². The summed E-state index contributed by atoms with van der Waals surface area (Å²) in [5, 5.41) is 0. The van der Waals surface area contributed by atoms with Crippen molar-refractivity contribution in [3.05, 3.63) is 70.4 Å². The lowest BCUT2D eigenvalue weighted by Gasteiger charge is -2.75. The van der Waals surface area contributed by atoms with Crippen LogP contribution in [0.1, 0.15) is 88.6 Å². The van der Waals surface area contributed by atoms with Gasteiger partial charge >= 0.3 is 0 Å². The minimum atomic E-state index is -0.647. The minimum absolute atomic E-state index is 0.137. The Kier molecular flexibility index (Phi) is 5.43. The van der Waals surface area contributed by atoms with Gasteiger partial charge in [0.1, 0.15) is 0 Å². The fraction of sp³-hybridized carbons (Fsp3) is 0.543. The lowest BCUT2D eigenvalue weighted by atomic mass is 9.64. The molecule has 1 aromatic carbocycles. The Balaban J connectivity index is 1.89. The van der Waals surface area contributed by atoms with Crippen LogP contribution in [-0.4, -0.2) is 22.9 Å². The quantitative estimate of drug-likeness (QED) is 0.343. The topological polar surface area (TPSA) is 40.6 Å².